The quantitative estimate of drug-likeness (QED) is 0.227. The summed E-state index contributed by atoms with van der Waals surface area (Å²) >= 11 is 0. The maximum absolute atomic E-state index is 12.2. The predicted octanol–water partition coefficient (Wildman–Crippen LogP) is 5.97. The third-order valence-corrected chi connectivity index (χ3v) is 9.50. The molecule has 2 aromatic carbocycles. The fraction of sp³-hybridized carbons (Fsp3) is 0.368. The molecule has 12 heteroatoms. The number of aromatic nitrogens is 2. The van der Waals surface area contributed by atoms with E-state index < -0.39 is 22.8 Å². The molecule has 0 saturated carbocycles. The first-order chi connectivity index (χ1) is 23.7. The lowest BCUT2D eigenvalue weighted by atomic mass is 9.87. The van der Waals surface area contributed by atoms with E-state index >= 15 is 0 Å². The first kappa shape index (κ1) is 35.8. The SMILES string of the molecule is COc1cc2c(cc1OC)-c1cc(=O)c(C(=O)O)cn1[C@@H](C(C)C)C2.COc1cc2c(cc1OC)-c1cc(=O)c(C(=O)O)cn1[C@H](C(C)C)C2. The van der Waals surface area contributed by atoms with Gasteiger partial charge in [0.1, 0.15) is 11.1 Å². The van der Waals surface area contributed by atoms with E-state index in [0.29, 0.717) is 34.4 Å². The Morgan fingerprint density at radius 3 is 1.20 bits per heavy atom. The molecule has 0 fully saturated rings. The first-order valence-electron chi connectivity index (χ1n) is 16.2. The molecule has 0 spiro atoms. The number of aromatic carboxylic acids is 2. The monoisotopic (exact) mass is 686 g/mol. The largest absolute Gasteiger partial charge is 0.493 e. The molecule has 2 aliphatic rings. The van der Waals surface area contributed by atoms with Gasteiger partial charge < -0.3 is 38.3 Å². The smallest absolute Gasteiger partial charge is 0.341 e. The Bertz CT molecular complexity index is 1940. The Morgan fingerprint density at radius 1 is 0.600 bits per heavy atom. The molecule has 2 N–H and O–H groups in total. The van der Waals surface area contributed by atoms with Gasteiger partial charge in [-0.25, -0.2) is 9.59 Å². The number of hydrogen-bond donors (Lipinski definition) is 2. The summed E-state index contributed by atoms with van der Waals surface area (Å²) in [6, 6.07) is 10.5. The molecule has 2 aromatic heterocycles. The highest BCUT2D eigenvalue weighted by Gasteiger charge is 2.31. The molecule has 4 aromatic rings. The molecule has 2 atom stereocenters. The van der Waals surface area contributed by atoms with Crippen molar-refractivity contribution in [2.45, 2.75) is 52.6 Å². The molecule has 0 aliphatic carbocycles. The fourth-order valence-corrected chi connectivity index (χ4v) is 6.82. The highest BCUT2D eigenvalue weighted by molar-refractivity contribution is 5.88. The van der Waals surface area contributed by atoms with Gasteiger partial charge >= 0.3 is 11.9 Å². The number of pyridine rings is 2. The molecule has 4 heterocycles. The minimum absolute atomic E-state index is 0.0549. The van der Waals surface area contributed by atoms with Crippen LogP contribution in [0.2, 0.25) is 0 Å². The standard InChI is InChI=1S/2C19H21NO5/c2*1-10(2)14-5-11-6-17(24-3)18(25-4)7-12(11)15-8-16(21)13(19(22)23)9-20(14)15/h2*6-10,14H,5H2,1-4H3,(H,22,23)/t2*14-/m10/s1. The number of benzene rings is 2. The van der Waals surface area contributed by atoms with Crippen LogP contribution in [0.4, 0.5) is 0 Å². The summed E-state index contributed by atoms with van der Waals surface area (Å²) < 4.78 is 25.3. The van der Waals surface area contributed by atoms with Crippen LogP contribution in [-0.4, -0.2) is 59.7 Å². The van der Waals surface area contributed by atoms with E-state index in [1.54, 1.807) is 28.4 Å². The van der Waals surface area contributed by atoms with Crippen molar-refractivity contribution < 1.29 is 38.7 Å². The summed E-state index contributed by atoms with van der Waals surface area (Å²) in [5.41, 5.74) is 3.83. The van der Waals surface area contributed by atoms with Crippen molar-refractivity contribution in [1.82, 2.24) is 9.13 Å². The van der Waals surface area contributed by atoms with Gasteiger partial charge in [-0.15, -0.1) is 0 Å². The third kappa shape index (κ3) is 6.45. The molecule has 0 radical (unpaired) electrons. The van der Waals surface area contributed by atoms with E-state index in [1.807, 2.05) is 33.4 Å². The molecule has 2 aliphatic heterocycles. The molecule has 6 rings (SSSR count). The molecule has 264 valence electrons. The van der Waals surface area contributed by atoms with Gasteiger partial charge in [-0.2, -0.15) is 0 Å². The number of rotatable bonds is 8. The average Bonchev–Trinajstić information content (AvgIpc) is 3.08. The molecule has 0 bridgehead atoms. The van der Waals surface area contributed by atoms with Crippen LogP contribution < -0.4 is 29.8 Å². The van der Waals surface area contributed by atoms with E-state index in [-0.39, 0.29) is 35.0 Å². The lowest BCUT2D eigenvalue weighted by Gasteiger charge is -2.33. The molecular weight excluding hydrogens is 644 g/mol. The maximum Gasteiger partial charge on any atom is 0.341 e. The van der Waals surface area contributed by atoms with Gasteiger partial charge in [0.2, 0.25) is 0 Å². The predicted molar refractivity (Wildman–Crippen MR) is 188 cm³/mol. The number of hydrogen-bond acceptors (Lipinski definition) is 8. The van der Waals surface area contributed by atoms with Gasteiger partial charge in [-0.3, -0.25) is 9.59 Å². The molecular formula is C38H42N2O10. The molecule has 50 heavy (non-hydrogen) atoms. The van der Waals surface area contributed by atoms with Crippen LogP contribution in [0.5, 0.6) is 23.0 Å². The number of carboxylic acids is 2. The van der Waals surface area contributed by atoms with Gasteiger partial charge in [0, 0.05) is 47.7 Å². The minimum atomic E-state index is -1.21. The second kappa shape index (κ2) is 14.1. The summed E-state index contributed by atoms with van der Waals surface area (Å²) in [5.74, 6) is 0.551. The normalized spacial score (nSPS) is 15.5. The van der Waals surface area contributed by atoms with E-state index in [1.165, 1.54) is 24.5 Å². The van der Waals surface area contributed by atoms with Gasteiger partial charge in [0.15, 0.2) is 33.9 Å². The Labute approximate surface area is 289 Å². The van der Waals surface area contributed by atoms with Gasteiger partial charge in [-0.1, -0.05) is 27.7 Å². The zero-order chi connectivity index (χ0) is 36.6. The van der Waals surface area contributed by atoms with Crippen molar-refractivity contribution in [1.29, 1.82) is 0 Å². The summed E-state index contributed by atoms with van der Waals surface area (Å²) in [5, 5.41) is 18.6. The van der Waals surface area contributed by atoms with Crippen LogP contribution in [0.3, 0.4) is 0 Å². The highest BCUT2D eigenvalue weighted by atomic mass is 16.5. The number of methoxy groups -OCH3 is 4. The second-order valence-corrected chi connectivity index (χ2v) is 13.1. The lowest BCUT2D eigenvalue weighted by Crippen LogP contribution is -2.28. The van der Waals surface area contributed by atoms with Crippen LogP contribution in [0.25, 0.3) is 22.5 Å². The van der Waals surface area contributed by atoms with Crippen molar-refractivity contribution in [2.24, 2.45) is 11.8 Å². The second-order valence-electron chi connectivity index (χ2n) is 13.1. The fourth-order valence-electron chi connectivity index (χ4n) is 6.82. The minimum Gasteiger partial charge on any atom is -0.493 e. The van der Waals surface area contributed by atoms with E-state index in [4.69, 9.17) is 18.9 Å². The third-order valence-electron chi connectivity index (χ3n) is 9.50. The summed E-state index contributed by atoms with van der Waals surface area (Å²) in [7, 11) is 6.30. The number of ether oxygens (including phenoxy) is 4. The van der Waals surface area contributed by atoms with Crippen molar-refractivity contribution >= 4 is 11.9 Å². The van der Waals surface area contributed by atoms with Crippen molar-refractivity contribution in [3.8, 4) is 45.5 Å². The van der Waals surface area contributed by atoms with Crippen LogP contribution >= 0.6 is 0 Å². The molecule has 0 unspecified atom stereocenters. The molecule has 0 amide bonds. The zero-order valence-corrected chi connectivity index (χ0v) is 29.4. The van der Waals surface area contributed by atoms with Gasteiger partial charge in [-0.05, 0) is 60.1 Å². The highest BCUT2D eigenvalue weighted by Crippen LogP contribution is 2.44. The Hall–Kier alpha value is -5.52. The average molecular weight is 687 g/mol. The van der Waals surface area contributed by atoms with Crippen LogP contribution in [0.15, 0.2) is 58.4 Å². The Balaban J connectivity index is 0.000000194. The van der Waals surface area contributed by atoms with Crippen LogP contribution in [-0.2, 0) is 12.8 Å². The summed E-state index contributed by atoms with van der Waals surface area (Å²) in [6.45, 7) is 8.33. The Morgan fingerprint density at radius 2 is 0.920 bits per heavy atom. The van der Waals surface area contributed by atoms with Crippen LogP contribution in [0, 0.1) is 11.8 Å². The number of carbonyl (C=O) groups is 2. The van der Waals surface area contributed by atoms with Crippen LogP contribution in [0.1, 0.15) is 71.6 Å². The topological polar surface area (TPSA) is 156 Å². The lowest BCUT2D eigenvalue weighted by molar-refractivity contribution is 0.0683. The summed E-state index contributed by atoms with van der Waals surface area (Å²) in [4.78, 5) is 47.2. The zero-order valence-electron chi connectivity index (χ0n) is 29.4. The van der Waals surface area contributed by atoms with Gasteiger partial charge in [0.25, 0.3) is 0 Å². The number of fused-ring (bicyclic) bond motifs is 6. The van der Waals surface area contributed by atoms with Gasteiger partial charge in [0.05, 0.1) is 39.8 Å². The van der Waals surface area contributed by atoms with E-state index in [0.717, 1.165) is 35.1 Å². The molecule has 12 nitrogen and oxygen atoms in total. The maximum atomic E-state index is 12.2. The molecule has 0 saturated heterocycles. The van der Waals surface area contributed by atoms with Crippen molar-refractivity contribution in [2.75, 3.05) is 28.4 Å². The van der Waals surface area contributed by atoms with E-state index in [2.05, 4.69) is 27.7 Å². The number of carboxylic acid groups (broad SMARTS) is 2. The van der Waals surface area contributed by atoms with Crippen molar-refractivity contribution in [3.05, 3.63) is 91.5 Å². The number of nitrogens with zero attached hydrogens (tertiary/aromatic N) is 2. The summed E-state index contributed by atoms with van der Waals surface area (Å²) in [6.07, 6.45) is 4.37. The van der Waals surface area contributed by atoms with Crippen molar-refractivity contribution in [3.63, 3.8) is 0 Å². The van der Waals surface area contributed by atoms with E-state index in [9.17, 15) is 29.4 Å². The Kier molecular flexibility index (Phi) is 10.1. The first-order valence-corrected chi connectivity index (χ1v) is 16.2.